The van der Waals surface area contributed by atoms with Gasteiger partial charge in [0.2, 0.25) is 21.9 Å². The number of aromatic nitrogens is 3. The van der Waals surface area contributed by atoms with E-state index in [0.717, 1.165) is 57.4 Å². The van der Waals surface area contributed by atoms with Crippen LogP contribution in [0, 0.1) is 5.82 Å². The SMILES string of the molecule is COC(=O)CCCCN1CCN(Cc2cc(F)cc3c(-c4cnc(OC)c(NS(C)(=O)=O)c4)nc(N4CCOCC4)nc23)CC1. The second kappa shape index (κ2) is 14.6. The average molecular weight is 646 g/mol. The Bertz CT molecular complexity index is 1610. The normalized spacial score (nSPS) is 16.6. The maximum absolute atomic E-state index is 15.3. The van der Waals surface area contributed by atoms with Crippen LogP contribution in [0.25, 0.3) is 22.2 Å². The van der Waals surface area contributed by atoms with E-state index < -0.39 is 15.8 Å². The fraction of sp³-hybridized carbons (Fsp3) is 0.533. The smallest absolute Gasteiger partial charge is 0.305 e. The molecule has 0 radical (unpaired) electrons. The Balaban J connectivity index is 1.45. The molecule has 1 N–H and O–H groups in total. The fourth-order valence-electron chi connectivity index (χ4n) is 5.63. The number of sulfonamides is 1. The number of unbranched alkanes of at least 4 members (excludes halogenated alkanes) is 1. The van der Waals surface area contributed by atoms with Crippen LogP contribution in [-0.4, -0.2) is 119 Å². The van der Waals surface area contributed by atoms with Crippen molar-refractivity contribution in [2.24, 2.45) is 0 Å². The molecule has 3 aromatic rings. The summed E-state index contributed by atoms with van der Waals surface area (Å²) in [6.45, 7) is 7.06. The highest BCUT2D eigenvalue weighted by Gasteiger charge is 2.23. The van der Waals surface area contributed by atoms with Gasteiger partial charge in [-0.1, -0.05) is 0 Å². The first-order valence-corrected chi connectivity index (χ1v) is 16.9. The van der Waals surface area contributed by atoms with Crippen molar-refractivity contribution in [1.82, 2.24) is 24.8 Å². The van der Waals surface area contributed by atoms with Crippen molar-refractivity contribution >= 4 is 38.5 Å². The fourth-order valence-corrected chi connectivity index (χ4v) is 6.18. The van der Waals surface area contributed by atoms with Gasteiger partial charge in [0.25, 0.3) is 0 Å². The Hall–Kier alpha value is -3.66. The van der Waals surface area contributed by atoms with Crippen molar-refractivity contribution in [1.29, 1.82) is 0 Å². The quantitative estimate of drug-likeness (QED) is 0.229. The Morgan fingerprint density at radius 1 is 1.02 bits per heavy atom. The summed E-state index contributed by atoms with van der Waals surface area (Å²) in [5.74, 6) is -0.00823. The van der Waals surface area contributed by atoms with Gasteiger partial charge in [-0.25, -0.2) is 27.8 Å². The number of carbonyl (C=O) groups is 1. The lowest BCUT2D eigenvalue weighted by Crippen LogP contribution is -2.46. The number of nitrogens with zero attached hydrogens (tertiary/aromatic N) is 6. The zero-order valence-electron chi connectivity index (χ0n) is 25.9. The molecule has 0 atom stereocenters. The molecular formula is C30H40FN7O6S. The van der Waals surface area contributed by atoms with Crippen LogP contribution < -0.4 is 14.4 Å². The summed E-state index contributed by atoms with van der Waals surface area (Å²) in [5.41, 5.74) is 2.44. The van der Waals surface area contributed by atoms with Gasteiger partial charge in [0.15, 0.2) is 0 Å². The molecule has 15 heteroatoms. The summed E-state index contributed by atoms with van der Waals surface area (Å²) in [7, 11) is -0.825. The van der Waals surface area contributed by atoms with E-state index in [0.29, 0.717) is 67.4 Å². The van der Waals surface area contributed by atoms with Crippen LogP contribution in [0.2, 0.25) is 0 Å². The van der Waals surface area contributed by atoms with Gasteiger partial charge in [-0.05, 0) is 43.1 Å². The highest BCUT2D eigenvalue weighted by atomic mass is 32.2. The minimum atomic E-state index is -3.63. The number of halogens is 1. The minimum absolute atomic E-state index is 0.102. The highest BCUT2D eigenvalue weighted by molar-refractivity contribution is 7.92. The molecule has 0 saturated carbocycles. The van der Waals surface area contributed by atoms with Gasteiger partial charge >= 0.3 is 5.97 Å². The summed E-state index contributed by atoms with van der Waals surface area (Å²) in [6.07, 6.45) is 4.73. The summed E-state index contributed by atoms with van der Waals surface area (Å²) in [5, 5.41) is 0.503. The number of anilines is 2. The van der Waals surface area contributed by atoms with Gasteiger partial charge < -0.3 is 24.0 Å². The third-order valence-corrected chi connectivity index (χ3v) is 8.52. The largest absolute Gasteiger partial charge is 0.480 e. The molecule has 2 aliphatic rings. The molecule has 2 fully saturated rings. The number of rotatable bonds is 12. The molecule has 0 unspecified atom stereocenters. The maximum Gasteiger partial charge on any atom is 0.305 e. The number of morpholine rings is 1. The lowest BCUT2D eigenvalue weighted by Gasteiger charge is -2.35. The van der Waals surface area contributed by atoms with Crippen LogP contribution in [0.1, 0.15) is 24.8 Å². The molecule has 0 aliphatic carbocycles. The summed E-state index contributed by atoms with van der Waals surface area (Å²) < 4.78 is 57.4. The number of methoxy groups -OCH3 is 2. The zero-order valence-corrected chi connectivity index (χ0v) is 26.7. The standard InChI is InChI=1S/C30H40FN7O6S/c1-42-26(39)6-4-5-7-36-8-10-37(11-9-36)20-22-16-23(31)18-24-27(33-30(34-28(22)24)38-12-14-44-15-13-38)21-17-25(35-45(3,40)41)29(43-2)32-19-21/h16-19,35H,4-15,20H2,1-3H3. The summed E-state index contributed by atoms with van der Waals surface area (Å²) in [6, 6.07) is 4.54. The molecule has 5 rings (SSSR count). The zero-order chi connectivity index (χ0) is 32.0. The first-order chi connectivity index (χ1) is 21.6. The van der Waals surface area contributed by atoms with Crippen molar-refractivity contribution in [3.05, 3.63) is 35.8 Å². The van der Waals surface area contributed by atoms with E-state index >= 15 is 4.39 Å². The Labute approximate surface area is 262 Å². The predicted molar refractivity (Wildman–Crippen MR) is 168 cm³/mol. The van der Waals surface area contributed by atoms with Crippen LogP contribution in [0.15, 0.2) is 24.4 Å². The lowest BCUT2D eigenvalue weighted by molar-refractivity contribution is -0.140. The van der Waals surface area contributed by atoms with Crippen LogP contribution >= 0.6 is 0 Å². The number of hydrogen-bond donors (Lipinski definition) is 1. The molecule has 2 aliphatic heterocycles. The number of pyridine rings is 1. The molecular weight excluding hydrogens is 605 g/mol. The highest BCUT2D eigenvalue weighted by Crippen LogP contribution is 2.35. The number of piperazine rings is 1. The molecule has 244 valence electrons. The molecule has 1 aromatic carbocycles. The van der Waals surface area contributed by atoms with Crippen molar-refractivity contribution in [3.8, 4) is 17.1 Å². The van der Waals surface area contributed by atoms with Crippen LogP contribution in [0.4, 0.5) is 16.0 Å². The number of ether oxygens (including phenoxy) is 3. The van der Waals surface area contributed by atoms with Crippen LogP contribution in [-0.2, 0) is 30.8 Å². The third-order valence-electron chi connectivity index (χ3n) is 7.93. The minimum Gasteiger partial charge on any atom is -0.480 e. The molecule has 13 nitrogen and oxygen atoms in total. The number of carbonyl (C=O) groups excluding carboxylic acids is 1. The Kier molecular flexibility index (Phi) is 10.6. The van der Waals surface area contributed by atoms with E-state index in [2.05, 4.69) is 19.5 Å². The third kappa shape index (κ3) is 8.54. The van der Waals surface area contributed by atoms with Crippen molar-refractivity contribution < 1.29 is 31.8 Å². The van der Waals surface area contributed by atoms with Gasteiger partial charge in [0.1, 0.15) is 11.5 Å². The molecule has 0 amide bonds. The number of hydrogen-bond acceptors (Lipinski definition) is 12. The van der Waals surface area contributed by atoms with Crippen molar-refractivity contribution in [2.75, 3.05) is 89.1 Å². The second-order valence-corrected chi connectivity index (χ2v) is 13.0. The molecule has 4 heterocycles. The first kappa shape index (κ1) is 32.7. The predicted octanol–water partition coefficient (Wildman–Crippen LogP) is 2.51. The average Bonchev–Trinajstić information content (AvgIpc) is 3.03. The summed E-state index contributed by atoms with van der Waals surface area (Å²) >= 11 is 0. The summed E-state index contributed by atoms with van der Waals surface area (Å²) in [4.78, 5) is 32.2. The van der Waals surface area contributed by atoms with E-state index in [1.807, 2.05) is 4.90 Å². The van der Waals surface area contributed by atoms with Crippen LogP contribution in [0.3, 0.4) is 0 Å². The topological polar surface area (TPSA) is 139 Å². The molecule has 2 saturated heterocycles. The van der Waals surface area contributed by atoms with Gasteiger partial charge in [-0.3, -0.25) is 14.4 Å². The maximum atomic E-state index is 15.3. The van der Waals surface area contributed by atoms with E-state index in [1.54, 1.807) is 6.07 Å². The molecule has 0 spiro atoms. The van der Waals surface area contributed by atoms with Crippen molar-refractivity contribution in [3.63, 3.8) is 0 Å². The first-order valence-electron chi connectivity index (χ1n) is 15.0. The monoisotopic (exact) mass is 645 g/mol. The number of fused-ring (bicyclic) bond motifs is 1. The molecule has 0 bridgehead atoms. The van der Waals surface area contributed by atoms with Gasteiger partial charge in [-0.2, -0.15) is 0 Å². The van der Waals surface area contributed by atoms with E-state index in [4.69, 9.17) is 24.2 Å². The number of benzene rings is 1. The van der Waals surface area contributed by atoms with E-state index in [1.165, 1.54) is 32.5 Å². The van der Waals surface area contributed by atoms with Gasteiger partial charge in [0, 0.05) is 69.4 Å². The Morgan fingerprint density at radius 3 is 2.44 bits per heavy atom. The van der Waals surface area contributed by atoms with Crippen LogP contribution in [0.5, 0.6) is 5.88 Å². The van der Waals surface area contributed by atoms with Crippen molar-refractivity contribution in [2.45, 2.75) is 25.8 Å². The van der Waals surface area contributed by atoms with Gasteiger partial charge in [-0.15, -0.1) is 0 Å². The van der Waals surface area contributed by atoms with Gasteiger partial charge in [0.05, 0.1) is 44.9 Å². The van der Waals surface area contributed by atoms with E-state index in [9.17, 15) is 13.2 Å². The number of nitrogens with one attached hydrogen (secondary N) is 1. The second-order valence-electron chi connectivity index (χ2n) is 11.2. The molecule has 45 heavy (non-hydrogen) atoms. The lowest BCUT2D eigenvalue weighted by atomic mass is 10.0. The number of esters is 1. The van der Waals surface area contributed by atoms with E-state index in [-0.39, 0.29) is 17.5 Å². The molecule has 2 aromatic heterocycles. The Morgan fingerprint density at radius 2 is 1.76 bits per heavy atom.